The van der Waals surface area contributed by atoms with E-state index in [2.05, 4.69) is 0 Å². The van der Waals surface area contributed by atoms with Crippen molar-refractivity contribution in [2.24, 2.45) is 0 Å². The number of hydrogen-bond acceptors (Lipinski definition) is 3. The predicted octanol–water partition coefficient (Wildman–Crippen LogP) is 4.65. The van der Waals surface area contributed by atoms with Crippen molar-refractivity contribution in [2.45, 2.75) is 11.8 Å². The van der Waals surface area contributed by atoms with Crippen LogP contribution in [0.25, 0.3) is 11.1 Å². The van der Waals surface area contributed by atoms with E-state index in [1.54, 1.807) is 24.3 Å². The molecule has 0 spiro atoms. The first kappa shape index (κ1) is 17.2. The third kappa shape index (κ3) is 3.74. The molecule has 1 radical (unpaired) electrons. The van der Waals surface area contributed by atoms with Gasteiger partial charge in [-0.1, -0.05) is 66.2 Å². The largest absolute Gasteiger partial charge is 0.495 e. The SMILES string of the molecule is COc1ccccc1S(=O)(=O)[CH]c1ccccc1-c1ccc(C)cc1. The number of sulfone groups is 1. The zero-order valence-electron chi connectivity index (χ0n) is 14.1. The Hall–Kier alpha value is -2.59. The topological polar surface area (TPSA) is 43.4 Å². The molecule has 0 aliphatic rings. The van der Waals surface area contributed by atoms with E-state index in [1.165, 1.54) is 12.9 Å². The highest BCUT2D eigenvalue weighted by molar-refractivity contribution is 7.93. The van der Waals surface area contributed by atoms with E-state index in [-0.39, 0.29) is 4.90 Å². The van der Waals surface area contributed by atoms with E-state index in [0.29, 0.717) is 11.3 Å². The Morgan fingerprint density at radius 3 is 2.20 bits per heavy atom. The summed E-state index contributed by atoms with van der Waals surface area (Å²) in [6, 6.07) is 22.1. The molecule has 0 unspecified atom stereocenters. The molecular weight excluding hydrogens is 332 g/mol. The Morgan fingerprint density at radius 1 is 0.840 bits per heavy atom. The van der Waals surface area contributed by atoms with E-state index >= 15 is 0 Å². The molecule has 4 heteroatoms. The Bertz CT molecular complexity index is 974. The van der Waals surface area contributed by atoms with Crippen LogP contribution < -0.4 is 4.74 Å². The lowest BCUT2D eigenvalue weighted by molar-refractivity contribution is 0.403. The van der Waals surface area contributed by atoms with E-state index in [9.17, 15) is 8.42 Å². The number of aryl methyl sites for hydroxylation is 1. The van der Waals surface area contributed by atoms with Crippen molar-refractivity contribution in [1.29, 1.82) is 0 Å². The first-order chi connectivity index (χ1) is 12.0. The van der Waals surface area contributed by atoms with Gasteiger partial charge in [-0.05, 0) is 35.7 Å². The van der Waals surface area contributed by atoms with Crippen molar-refractivity contribution in [3.63, 3.8) is 0 Å². The Balaban J connectivity index is 2.02. The molecule has 0 amide bonds. The van der Waals surface area contributed by atoms with Crippen LogP contribution in [-0.4, -0.2) is 15.5 Å². The van der Waals surface area contributed by atoms with Gasteiger partial charge in [-0.15, -0.1) is 0 Å². The minimum atomic E-state index is -3.64. The van der Waals surface area contributed by atoms with Gasteiger partial charge >= 0.3 is 0 Å². The van der Waals surface area contributed by atoms with Gasteiger partial charge in [0.15, 0.2) is 9.84 Å². The second kappa shape index (κ2) is 7.11. The zero-order chi connectivity index (χ0) is 17.9. The maximum atomic E-state index is 12.9. The minimum Gasteiger partial charge on any atom is -0.495 e. The Labute approximate surface area is 148 Å². The monoisotopic (exact) mass is 351 g/mol. The maximum Gasteiger partial charge on any atom is 0.190 e. The molecule has 0 aromatic heterocycles. The van der Waals surface area contributed by atoms with Crippen LogP contribution in [0.4, 0.5) is 0 Å². The summed E-state index contributed by atoms with van der Waals surface area (Å²) in [6.07, 6.45) is 0. The predicted molar refractivity (Wildman–Crippen MR) is 100 cm³/mol. The molecule has 0 heterocycles. The summed E-state index contributed by atoms with van der Waals surface area (Å²) in [4.78, 5) is 0.163. The van der Waals surface area contributed by atoms with Crippen molar-refractivity contribution < 1.29 is 13.2 Å². The van der Waals surface area contributed by atoms with Crippen LogP contribution in [0.2, 0.25) is 0 Å². The normalized spacial score (nSPS) is 11.3. The van der Waals surface area contributed by atoms with Crippen molar-refractivity contribution in [3.05, 3.63) is 89.7 Å². The molecule has 3 nitrogen and oxygen atoms in total. The van der Waals surface area contributed by atoms with Gasteiger partial charge in [0, 0.05) is 0 Å². The molecule has 25 heavy (non-hydrogen) atoms. The quantitative estimate of drug-likeness (QED) is 0.672. The summed E-state index contributed by atoms with van der Waals surface area (Å²) in [5, 5.41) is 0. The molecule has 0 atom stereocenters. The summed E-state index contributed by atoms with van der Waals surface area (Å²) in [6.45, 7) is 2.02. The van der Waals surface area contributed by atoms with Gasteiger partial charge in [-0.3, -0.25) is 0 Å². The number of benzene rings is 3. The van der Waals surface area contributed by atoms with Gasteiger partial charge in [0.05, 0.1) is 7.11 Å². The Kier molecular flexibility index (Phi) is 4.91. The average Bonchev–Trinajstić information content (AvgIpc) is 2.63. The molecule has 3 aromatic carbocycles. The number of hydrogen-bond donors (Lipinski definition) is 0. The first-order valence-electron chi connectivity index (χ1n) is 7.90. The highest BCUT2D eigenvalue weighted by Gasteiger charge is 2.22. The van der Waals surface area contributed by atoms with Gasteiger partial charge in [-0.2, -0.15) is 0 Å². The third-order valence-corrected chi connectivity index (χ3v) is 5.50. The summed E-state index contributed by atoms with van der Waals surface area (Å²) in [7, 11) is -2.18. The lowest BCUT2D eigenvalue weighted by Gasteiger charge is -2.12. The molecule has 3 rings (SSSR count). The smallest absolute Gasteiger partial charge is 0.190 e. The lowest BCUT2D eigenvalue weighted by Crippen LogP contribution is -2.05. The van der Waals surface area contributed by atoms with E-state index < -0.39 is 9.84 Å². The molecule has 0 aliphatic carbocycles. The van der Waals surface area contributed by atoms with Gasteiger partial charge in [0.1, 0.15) is 16.4 Å². The first-order valence-corrected chi connectivity index (χ1v) is 9.45. The molecule has 0 fully saturated rings. The fourth-order valence-corrected chi connectivity index (χ4v) is 4.05. The minimum absolute atomic E-state index is 0.163. The standard InChI is InChI=1S/C21H19O3S/c1-16-11-13-17(14-12-16)19-8-4-3-7-18(19)15-25(22,23)21-10-6-5-9-20(21)24-2/h3-15H,1-2H3. The van der Waals surface area contributed by atoms with Crippen LogP contribution in [0, 0.1) is 12.7 Å². The lowest BCUT2D eigenvalue weighted by atomic mass is 10.00. The fourth-order valence-electron chi connectivity index (χ4n) is 2.68. The average molecular weight is 351 g/mol. The van der Waals surface area contributed by atoms with Crippen LogP contribution in [0.1, 0.15) is 11.1 Å². The van der Waals surface area contributed by atoms with Crippen LogP contribution in [0.3, 0.4) is 0 Å². The van der Waals surface area contributed by atoms with Gasteiger partial charge < -0.3 is 4.74 Å². The van der Waals surface area contributed by atoms with Crippen molar-refractivity contribution in [3.8, 4) is 16.9 Å². The van der Waals surface area contributed by atoms with Crippen molar-refractivity contribution in [2.75, 3.05) is 7.11 Å². The molecule has 0 saturated carbocycles. The molecule has 0 saturated heterocycles. The van der Waals surface area contributed by atoms with Gasteiger partial charge in [0.25, 0.3) is 0 Å². The highest BCUT2D eigenvalue weighted by atomic mass is 32.2. The second-order valence-corrected chi connectivity index (χ2v) is 7.53. The van der Waals surface area contributed by atoms with Gasteiger partial charge in [0.2, 0.25) is 0 Å². The molecular formula is C21H19O3S. The molecule has 0 bridgehead atoms. The summed E-state index contributed by atoms with van der Waals surface area (Å²) >= 11 is 0. The van der Waals surface area contributed by atoms with Crippen molar-refractivity contribution >= 4 is 9.84 Å². The summed E-state index contributed by atoms with van der Waals surface area (Å²) in [5.41, 5.74) is 3.66. The maximum absolute atomic E-state index is 12.9. The second-order valence-electron chi connectivity index (χ2n) is 5.77. The van der Waals surface area contributed by atoms with E-state index in [4.69, 9.17) is 4.74 Å². The van der Waals surface area contributed by atoms with E-state index in [1.807, 2.05) is 55.5 Å². The third-order valence-electron chi connectivity index (χ3n) is 3.98. The summed E-state index contributed by atoms with van der Waals surface area (Å²) < 4.78 is 31.0. The number of ether oxygens (including phenoxy) is 1. The van der Waals surface area contributed by atoms with Crippen molar-refractivity contribution in [1.82, 2.24) is 0 Å². The molecule has 0 aliphatic heterocycles. The zero-order valence-corrected chi connectivity index (χ0v) is 15.0. The number of methoxy groups -OCH3 is 1. The van der Waals surface area contributed by atoms with E-state index in [0.717, 1.165) is 16.7 Å². The summed E-state index contributed by atoms with van der Waals surface area (Å²) in [5.74, 6) is 1.65. The molecule has 127 valence electrons. The molecule has 0 N–H and O–H groups in total. The van der Waals surface area contributed by atoms with Crippen LogP contribution in [0.15, 0.2) is 77.7 Å². The van der Waals surface area contributed by atoms with Crippen LogP contribution in [0.5, 0.6) is 5.75 Å². The van der Waals surface area contributed by atoms with Crippen LogP contribution in [-0.2, 0) is 9.84 Å². The molecule has 3 aromatic rings. The number of para-hydroxylation sites is 1. The van der Waals surface area contributed by atoms with Crippen LogP contribution >= 0.6 is 0 Å². The Morgan fingerprint density at radius 2 is 1.48 bits per heavy atom. The highest BCUT2D eigenvalue weighted by Crippen LogP contribution is 2.31. The van der Waals surface area contributed by atoms with Gasteiger partial charge in [-0.25, -0.2) is 8.42 Å². The number of rotatable bonds is 5. The fraction of sp³-hybridized carbons (Fsp3) is 0.0952.